The maximum atomic E-state index is 16.4. The minimum absolute atomic E-state index is 0.0769. The normalized spacial score (nSPS) is 20.3. The Balaban J connectivity index is 0.780. The number of benzene rings is 3. The van der Waals surface area contributed by atoms with Gasteiger partial charge in [0.1, 0.15) is 17.2 Å². The number of aromatic nitrogens is 3. The quantitative estimate of drug-likeness (QED) is 0.151. The molecule has 0 spiro atoms. The number of rotatable bonds is 8. The number of hydrogen-bond donors (Lipinski definition) is 3. The van der Waals surface area contributed by atoms with Gasteiger partial charge in [-0.3, -0.25) is 19.8 Å². The number of phenols is 1. The molecule has 4 aliphatic rings. The Labute approximate surface area is 353 Å². The van der Waals surface area contributed by atoms with Crippen LogP contribution in [0.25, 0.3) is 22.2 Å². The number of alkyl halides is 1. The molecule has 15 heteroatoms. The smallest absolute Gasteiger partial charge is 0.328 e. The molecule has 9 rings (SSSR count). The van der Waals surface area contributed by atoms with Crippen LogP contribution in [-0.4, -0.2) is 106 Å². The zero-order chi connectivity index (χ0) is 42.4. The van der Waals surface area contributed by atoms with Crippen molar-refractivity contribution in [2.75, 3.05) is 67.9 Å². The van der Waals surface area contributed by atoms with Crippen LogP contribution in [0.1, 0.15) is 78.4 Å². The molecule has 4 fully saturated rings. The van der Waals surface area contributed by atoms with E-state index in [1.165, 1.54) is 16.5 Å². The lowest BCUT2D eigenvalue weighted by Gasteiger charge is -2.41. The predicted molar refractivity (Wildman–Crippen MR) is 230 cm³/mol. The number of carbonyl (C=O) groups excluding carboxylic acids is 3. The van der Waals surface area contributed by atoms with Gasteiger partial charge in [0, 0.05) is 112 Å². The number of phenolic OH excluding ortho intramolecular Hbond substituents is 1. The summed E-state index contributed by atoms with van der Waals surface area (Å²) in [4.78, 5) is 45.2. The Kier molecular flexibility index (Phi) is 10.8. The molecular formula is C46H51F2N9O4. The number of anilines is 3. The molecule has 0 bridgehead atoms. The van der Waals surface area contributed by atoms with E-state index in [1.807, 2.05) is 43.5 Å². The molecule has 0 unspecified atom stereocenters. The van der Waals surface area contributed by atoms with Crippen molar-refractivity contribution >= 4 is 45.9 Å². The summed E-state index contributed by atoms with van der Waals surface area (Å²) in [6.07, 6.45) is 6.14. The van der Waals surface area contributed by atoms with Gasteiger partial charge in [-0.25, -0.2) is 13.6 Å². The maximum absolute atomic E-state index is 16.4. The van der Waals surface area contributed by atoms with Gasteiger partial charge >= 0.3 is 6.03 Å². The van der Waals surface area contributed by atoms with Gasteiger partial charge in [-0.05, 0) is 86.2 Å². The van der Waals surface area contributed by atoms with Gasteiger partial charge in [-0.1, -0.05) is 18.2 Å². The van der Waals surface area contributed by atoms with Crippen LogP contribution in [0.2, 0.25) is 0 Å². The summed E-state index contributed by atoms with van der Waals surface area (Å²) >= 11 is 0. The highest BCUT2D eigenvalue weighted by atomic mass is 19.1. The number of imide groups is 1. The fourth-order valence-electron chi connectivity index (χ4n) is 9.88. The molecule has 0 aliphatic carbocycles. The van der Waals surface area contributed by atoms with Gasteiger partial charge in [0.15, 0.2) is 5.82 Å². The van der Waals surface area contributed by atoms with E-state index in [2.05, 4.69) is 35.9 Å². The zero-order valence-electron chi connectivity index (χ0n) is 34.3. The summed E-state index contributed by atoms with van der Waals surface area (Å²) in [5, 5.41) is 21.9. The summed E-state index contributed by atoms with van der Waals surface area (Å²) in [5.41, 5.74) is 10.6. The van der Waals surface area contributed by atoms with E-state index < -0.39 is 17.5 Å². The Morgan fingerprint density at radius 1 is 0.934 bits per heavy atom. The van der Waals surface area contributed by atoms with Gasteiger partial charge in [0.25, 0.3) is 5.91 Å². The first-order valence-corrected chi connectivity index (χ1v) is 21.3. The second-order valence-corrected chi connectivity index (χ2v) is 17.2. The van der Waals surface area contributed by atoms with Crippen LogP contribution in [0.4, 0.5) is 30.8 Å². The van der Waals surface area contributed by atoms with Crippen molar-refractivity contribution < 1.29 is 28.3 Å². The van der Waals surface area contributed by atoms with E-state index in [0.29, 0.717) is 55.4 Å². The third-order valence-electron chi connectivity index (χ3n) is 13.2. The Bertz CT molecular complexity index is 2490. The number of fused-ring (bicyclic) bond motifs is 1. The van der Waals surface area contributed by atoms with E-state index in [9.17, 15) is 19.5 Å². The van der Waals surface area contributed by atoms with Crippen LogP contribution in [0.5, 0.6) is 5.75 Å². The highest BCUT2D eigenvalue weighted by Gasteiger charge is 2.39. The lowest BCUT2D eigenvalue weighted by molar-refractivity contribution is -0.120. The number of para-hydroxylation sites is 1. The van der Waals surface area contributed by atoms with Crippen LogP contribution in [0, 0.1) is 12.7 Å². The molecule has 4 N–H and O–H groups in total. The first-order valence-electron chi connectivity index (χ1n) is 21.3. The summed E-state index contributed by atoms with van der Waals surface area (Å²) in [7, 11) is 0. The van der Waals surface area contributed by atoms with Crippen molar-refractivity contribution in [3.63, 3.8) is 0 Å². The van der Waals surface area contributed by atoms with Crippen molar-refractivity contribution in [1.82, 2.24) is 29.9 Å². The van der Waals surface area contributed by atoms with Crippen molar-refractivity contribution in [2.24, 2.45) is 0 Å². The number of nitrogens with one attached hydrogen (secondary N) is 1. The molecule has 4 amide bonds. The number of urea groups is 1. The van der Waals surface area contributed by atoms with Crippen molar-refractivity contribution in [2.45, 2.75) is 69.5 Å². The molecule has 4 saturated heterocycles. The average Bonchev–Trinajstić information content (AvgIpc) is 3.66. The number of nitrogens with zero attached hydrogens (tertiary/aromatic N) is 7. The van der Waals surface area contributed by atoms with Crippen LogP contribution >= 0.6 is 0 Å². The lowest BCUT2D eigenvalue weighted by atomic mass is 9.86. The summed E-state index contributed by atoms with van der Waals surface area (Å²) in [6.45, 7) is 6.15. The number of hydrogen-bond acceptors (Lipinski definition) is 9. The molecule has 61 heavy (non-hydrogen) atoms. The maximum Gasteiger partial charge on any atom is 0.328 e. The monoisotopic (exact) mass is 831 g/mol. The van der Waals surface area contributed by atoms with E-state index in [-0.39, 0.29) is 61.0 Å². The Hall–Kier alpha value is -6.09. The van der Waals surface area contributed by atoms with Gasteiger partial charge in [-0.15, -0.1) is 10.2 Å². The third-order valence-corrected chi connectivity index (χ3v) is 13.2. The number of aromatic hydroxyl groups is 1. The number of piperidine rings is 3. The fraction of sp³-hybridized carbons (Fsp3) is 0.413. The Morgan fingerprint density at radius 3 is 2.48 bits per heavy atom. The fourth-order valence-corrected chi connectivity index (χ4v) is 9.88. The molecule has 2 aromatic heterocycles. The summed E-state index contributed by atoms with van der Waals surface area (Å²) < 4.78 is 33.8. The minimum atomic E-state index is -1.39. The third kappa shape index (κ3) is 8.10. The van der Waals surface area contributed by atoms with Gasteiger partial charge in [0.2, 0.25) is 5.91 Å². The van der Waals surface area contributed by atoms with Crippen molar-refractivity contribution in [1.29, 1.82) is 0 Å². The number of amides is 4. The molecule has 5 aromatic rings. The molecule has 0 radical (unpaired) electrons. The summed E-state index contributed by atoms with van der Waals surface area (Å²) in [5.74, 6) is -0.282. The van der Waals surface area contributed by atoms with E-state index in [4.69, 9.17) is 5.73 Å². The number of nitrogen functional groups attached to an aromatic ring is 1. The highest BCUT2D eigenvalue weighted by Crippen LogP contribution is 2.38. The SMILES string of the molecule is Cc1cc(C(=O)N2CCC(F)(CN3CCC(n4ccc5cc(N6CCC(=O)NC6=O)c(F)cc54)CC3)CC2)ccc1[C@H]1CCCN(c2cc(-c3ccccc3O)nnc2N)C1. The van der Waals surface area contributed by atoms with Crippen LogP contribution in [-0.2, 0) is 4.79 Å². The second-order valence-electron chi connectivity index (χ2n) is 17.2. The molecule has 1 atom stereocenters. The van der Waals surface area contributed by atoms with Crippen molar-refractivity contribution in [3.8, 4) is 17.0 Å². The first-order chi connectivity index (χ1) is 29.4. The molecular weight excluding hydrogens is 781 g/mol. The zero-order valence-corrected chi connectivity index (χ0v) is 34.3. The molecule has 3 aromatic carbocycles. The van der Waals surface area contributed by atoms with Crippen LogP contribution in [0.3, 0.4) is 0 Å². The lowest BCUT2D eigenvalue weighted by Crippen LogP contribution is -2.51. The number of aryl methyl sites for hydroxylation is 1. The number of nitrogens with two attached hydrogens (primary N) is 1. The van der Waals surface area contributed by atoms with Gasteiger partial charge < -0.3 is 30.1 Å². The topological polar surface area (TPSA) is 153 Å². The van der Waals surface area contributed by atoms with Gasteiger partial charge in [0.05, 0.1) is 22.6 Å². The number of carbonyl (C=O) groups is 3. The molecule has 318 valence electrons. The minimum Gasteiger partial charge on any atom is -0.507 e. The predicted octanol–water partition coefficient (Wildman–Crippen LogP) is 6.95. The molecule has 6 heterocycles. The van der Waals surface area contributed by atoms with Crippen LogP contribution in [0.15, 0.2) is 72.9 Å². The molecule has 4 aliphatic heterocycles. The van der Waals surface area contributed by atoms with E-state index >= 15 is 8.78 Å². The highest BCUT2D eigenvalue weighted by molar-refractivity contribution is 6.06. The second kappa shape index (κ2) is 16.4. The van der Waals surface area contributed by atoms with E-state index in [1.54, 1.807) is 29.2 Å². The van der Waals surface area contributed by atoms with E-state index in [0.717, 1.165) is 60.9 Å². The number of halogens is 2. The molecule has 0 saturated carbocycles. The standard InChI is InChI=1S/C46H51F2N9O4/c1-29-23-31(8-9-34(29)32-5-4-16-55(27-32)40-26-37(51-52-43(40)49)35-6-2-3-7-41(35)58)44(60)54-21-14-46(48,15-22-54)28-53-17-11-33(12-18-53)56-19-10-30-24-39(36(47)25-38(30)56)57-20-13-42(59)50-45(57)61/h2-3,6-10,19,23-26,32-33,58H,4-5,11-18,20-22,27-28H2,1H3,(H2,49,52)(H,50,59,61)/t32-/m0/s1. The van der Waals surface area contributed by atoms with Gasteiger partial charge in [-0.2, -0.15) is 0 Å². The largest absolute Gasteiger partial charge is 0.507 e. The van der Waals surface area contributed by atoms with Crippen molar-refractivity contribution in [3.05, 3.63) is 95.4 Å². The molecule has 13 nitrogen and oxygen atoms in total. The first kappa shape index (κ1) is 40.3. The average molecular weight is 832 g/mol. The van der Waals surface area contributed by atoms with Crippen LogP contribution < -0.4 is 20.9 Å². The summed E-state index contributed by atoms with van der Waals surface area (Å²) in [6, 6.07) is 19.4. The Morgan fingerprint density at radius 2 is 1.72 bits per heavy atom. The number of likely N-dealkylation sites (tertiary alicyclic amines) is 2.